The molecule has 0 fully saturated rings. The van der Waals surface area contributed by atoms with Crippen LogP contribution in [-0.2, 0) is 10.0 Å². The Morgan fingerprint density at radius 2 is 1.74 bits per heavy atom. The van der Waals surface area contributed by atoms with Crippen molar-refractivity contribution in [1.82, 2.24) is 0 Å². The van der Waals surface area contributed by atoms with E-state index in [1.54, 1.807) is 0 Å². The standard InChI is InChI=1S/C15H14FNO5S/c1-9-7-13(18)12(15(19)20)8-14(9)23(21,22)17(2)11-5-3-10(16)4-6-11/h3-8,18H,1-2H3,(H,19,20). The minimum atomic E-state index is -4.07. The average molecular weight is 339 g/mol. The van der Waals surface area contributed by atoms with Crippen molar-refractivity contribution in [3.63, 3.8) is 0 Å². The van der Waals surface area contributed by atoms with Crippen LogP contribution < -0.4 is 4.31 Å². The van der Waals surface area contributed by atoms with Gasteiger partial charge in [-0.1, -0.05) is 0 Å². The van der Waals surface area contributed by atoms with Crippen LogP contribution >= 0.6 is 0 Å². The number of phenols is 1. The summed E-state index contributed by atoms with van der Waals surface area (Å²) in [6, 6.07) is 6.81. The topological polar surface area (TPSA) is 94.9 Å². The molecule has 2 aromatic carbocycles. The number of hydrogen-bond donors (Lipinski definition) is 2. The second-order valence-electron chi connectivity index (χ2n) is 4.89. The molecule has 0 aliphatic rings. The fourth-order valence-corrected chi connectivity index (χ4v) is 3.49. The molecule has 122 valence electrons. The number of halogens is 1. The molecule has 0 bridgehead atoms. The Labute approximate surface area is 132 Å². The maximum atomic E-state index is 13.0. The highest BCUT2D eigenvalue weighted by Crippen LogP contribution is 2.29. The van der Waals surface area contributed by atoms with E-state index in [0.717, 1.165) is 28.6 Å². The zero-order valence-corrected chi connectivity index (χ0v) is 13.1. The molecule has 0 unspecified atom stereocenters. The summed E-state index contributed by atoms with van der Waals surface area (Å²) < 4.78 is 39.2. The summed E-state index contributed by atoms with van der Waals surface area (Å²) in [6.45, 7) is 1.44. The lowest BCUT2D eigenvalue weighted by Gasteiger charge is -2.21. The van der Waals surface area contributed by atoms with Crippen LogP contribution in [0.5, 0.6) is 5.75 Å². The molecule has 2 aromatic rings. The van der Waals surface area contributed by atoms with Crippen molar-refractivity contribution in [2.75, 3.05) is 11.4 Å². The summed E-state index contributed by atoms with van der Waals surface area (Å²) in [5.74, 6) is -2.46. The Hall–Kier alpha value is -2.61. The van der Waals surface area contributed by atoms with Crippen molar-refractivity contribution < 1.29 is 27.8 Å². The van der Waals surface area contributed by atoms with Crippen molar-refractivity contribution in [2.45, 2.75) is 11.8 Å². The number of aryl methyl sites for hydroxylation is 1. The number of benzene rings is 2. The van der Waals surface area contributed by atoms with Crippen LogP contribution in [0.3, 0.4) is 0 Å². The fraction of sp³-hybridized carbons (Fsp3) is 0.133. The van der Waals surface area contributed by atoms with Gasteiger partial charge in [-0.15, -0.1) is 0 Å². The number of rotatable bonds is 4. The molecule has 0 aliphatic heterocycles. The molecule has 6 nitrogen and oxygen atoms in total. The first-order valence-corrected chi connectivity index (χ1v) is 7.90. The van der Waals surface area contributed by atoms with Crippen LogP contribution in [0.2, 0.25) is 0 Å². The molecule has 2 rings (SSSR count). The number of sulfonamides is 1. The minimum Gasteiger partial charge on any atom is -0.507 e. The third-order valence-electron chi connectivity index (χ3n) is 3.35. The molecule has 0 amide bonds. The number of carboxylic acid groups (broad SMARTS) is 1. The van der Waals surface area contributed by atoms with Crippen molar-refractivity contribution in [3.05, 3.63) is 53.3 Å². The molecule has 0 aliphatic carbocycles. The van der Waals surface area contributed by atoms with Gasteiger partial charge in [0.15, 0.2) is 0 Å². The summed E-state index contributed by atoms with van der Waals surface area (Å²) in [7, 11) is -2.80. The lowest BCUT2D eigenvalue weighted by molar-refractivity contribution is 0.0693. The summed E-state index contributed by atoms with van der Waals surface area (Å²) in [5.41, 5.74) is -0.0982. The van der Waals surface area contributed by atoms with Crippen LogP contribution in [0.1, 0.15) is 15.9 Å². The van der Waals surface area contributed by atoms with E-state index in [1.807, 2.05) is 0 Å². The first-order valence-electron chi connectivity index (χ1n) is 6.46. The zero-order chi connectivity index (χ0) is 17.4. The van der Waals surface area contributed by atoms with Gasteiger partial charge in [-0.3, -0.25) is 4.31 Å². The first-order chi connectivity index (χ1) is 10.6. The first kappa shape index (κ1) is 16.8. The molecule has 0 spiro atoms. The van der Waals surface area contributed by atoms with Gasteiger partial charge in [0.05, 0.1) is 10.6 Å². The molecule has 0 radical (unpaired) electrons. The van der Waals surface area contributed by atoms with E-state index in [1.165, 1.54) is 26.1 Å². The third-order valence-corrected chi connectivity index (χ3v) is 5.28. The van der Waals surface area contributed by atoms with E-state index in [-0.39, 0.29) is 16.1 Å². The van der Waals surface area contributed by atoms with E-state index < -0.39 is 33.1 Å². The quantitative estimate of drug-likeness (QED) is 0.892. The second-order valence-corrected chi connectivity index (χ2v) is 6.83. The molecular formula is C15H14FNO5S. The lowest BCUT2D eigenvalue weighted by atomic mass is 10.1. The van der Waals surface area contributed by atoms with Crippen LogP contribution in [0, 0.1) is 12.7 Å². The van der Waals surface area contributed by atoms with Gasteiger partial charge in [0.25, 0.3) is 10.0 Å². The average Bonchev–Trinajstić information content (AvgIpc) is 2.46. The maximum Gasteiger partial charge on any atom is 0.339 e. The number of carboxylic acids is 1. The molecule has 0 saturated carbocycles. The van der Waals surface area contributed by atoms with Crippen LogP contribution in [0.15, 0.2) is 41.3 Å². The maximum absolute atomic E-state index is 13.0. The monoisotopic (exact) mass is 339 g/mol. The smallest absolute Gasteiger partial charge is 0.339 e. The Morgan fingerprint density at radius 3 is 2.26 bits per heavy atom. The summed E-state index contributed by atoms with van der Waals surface area (Å²) in [4.78, 5) is 10.8. The molecule has 0 aromatic heterocycles. The van der Waals surface area contributed by atoms with E-state index in [9.17, 15) is 22.7 Å². The third kappa shape index (κ3) is 3.11. The van der Waals surface area contributed by atoms with E-state index in [4.69, 9.17) is 5.11 Å². The highest BCUT2D eigenvalue weighted by molar-refractivity contribution is 7.92. The van der Waals surface area contributed by atoms with Gasteiger partial charge < -0.3 is 10.2 Å². The Morgan fingerprint density at radius 1 is 1.17 bits per heavy atom. The highest BCUT2D eigenvalue weighted by atomic mass is 32.2. The molecule has 23 heavy (non-hydrogen) atoms. The van der Waals surface area contributed by atoms with Crippen molar-refractivity contribution in [1.29, 1.82) is 0 Å². The lowest BCUT2D eigenvalue weighted by Crippen LogP contribution is -2.27. The van der Waals surface area contributed by atoms with Crippen molar-refractivity contribution in [2.24, 2.45) is 0 Å². The SMILES string of the molecule is Cc1cc(O)c(C(=O)O)cc1S(=O)(=O)N(C)c1ccc(F)cc1. The second kappa shape index (κ2) is 5.88. The molecule has 0 saturated heterocycles. The summed E-state index contributed by atoms with van der Waals surface area (Å²) >= 11 is 0. The normalized spacial score (nSPS) is 11.3. The van der Waals surface area contributed by atoms with Gasteiger partial charge in [-0.05, 0) is 48.9 Å². The van der Waals surface area contributed by atoms with Crippen LogP contribution in [-0.4, -0.2) is 31.6 Å². The van der Waals surface area contributed by atoms with Gasteiger partial charge in [-0.25, -0.2) is 17.6 Å². The highest BCUT2D eigenvalue weighted by Gasteiger charge is 2.26. The number of aromatic carboxylic acids is 1. The Kier molecular flexibility index (Phi) is 4.28. The van der Waals surface area contributed by atoms with Gasteiger partial charge >= 0.3 is 5.97 Å². The predicted octanol–water partition coefficient (Wildman–Crippen LogP) is 2.36. The van der Waals surface area contributed by atoms with E-state index in [2.05, 4.69) is 0 Å². The van der Waals surface area contributed by atoms with E-state index >= 15 is 0 Å². The number of carbonyl (C=O) groups is 1. The van der Waals surface area contributed by atoms with Crippen LogP contribution in [0.4, 0.5) is 10.1 Å². The van der Waals surface area contributed by atoms with E-state index in [0.29, 0.717) is 0 Å². The Balaban J connectivity index is 2.57. The molecule has 0 heterocycles. The van der Waals surface area contributed by atoms with Gasteiger partial charge in [-0.2, -0.15) is 0 Å². The minimum absolute atomic E-state index is 0.196. The molecule has 0 atom stereocenters. The van der Waals surface area contributed by atoms with Gasteiger partial charge in [0, 0.05) is 7.05 Å². The predicted molar refractivity (Wildman–Crippen MR) is 81.8 cm³/mol. The molecular weight excluding hydrogens is 325 g/mol. The van der Waals surface area contributed by atoms with Gasteiger partial charge in [0.1, 0.15) is 17.1 Å². The number of anilines is 1. The zero-order valence-electron chi connectivity index (χ0n) is 12.3. The number of hydrogen-bond acceptors (Lipinski definition) is 4. The van der Waals surface area contributed by atoms with Crippen molar-refractivity contribution >= 4 is 21.7 Å². The number of aromatic hydroxyl groups is 1. The summed E-state index contributed by atoms with van der Waals surface area (Å²) in [6.07, 6.45) is 0. The largest absolute Gasteiger partial charge is 0.507 e. The van der Waals surface area contributed by atoms with Gasteiger partial charge in [0.2, 0.25) is 0 Å². The van der Waals surface area contributed by atoms with Crippen LogP contribution in [0.25, 0.3) is 0 Å². The number of nitrogens with zero attached hydrogens (tertiary/aromatic N) is 1. The fourth-order valence-electron chi connectivity index (χ4n) is 2.06. The molecule has 2 N–H and O–H groups in total. The summed E-state index contributed by atoms with van der Waals surface area (Å²) in [5, 5.41) is 18.6. The molecule has 8 heteroatoms. The Bertz CT molecular complexity index is 862. The van der Waals surface area contributed by atoms with Crippen molar-refractivity contribution in [3.8, 4) is 5.75 Å².